The van der Waals surface area contributed by atoms with Crippen LogP contribution in [0.3, 0.4) is 0 Å². The SMILES string of the molecule is Cc1cnc([C@H]2CCCN2C(=O)CCn2nccc2C)[nH]1. The second-order valence-electron chi connectivity index (χ2n) is 5.64. The molecule has 0 bridgehead atoms. The van der Waals surface area contributed by atoms with Crippen molar-refractivity contribution >= 4 is 5.91 Å². The zero-order valence-electron chi connectivity index (χ0n) is 12.5. The summed E-state index contributed by atoms with van der Waals surface area (Å²) >= 11 is 0. The fraction of sp³-hybridized carbons (Fsp3) is 0.533. The molecule has 1 saturated heterocycles. The average molecular weight is 287 g/mol. The molecule has 3 heterocycles. The van der Waals surface area contributed by atoms with Gasteiger partial charge >= 0.3 is 0 Å². The molecule has 6 nitrogen and oxygen atoms in total. The van der Waals surface area contributed by atoms with Crippen LogP contribution in [0.2, 0.25) is 0 Å². The van der Waals surface area contributed by atoms with Crippen LogP contribution in [0.4, 0.5) is 0 Å². The van der Waals surface area contributed by atoms with Crippen LogP contribution in [-0.2, 0) is 11.3 Å². The number of amides is 1. The van der Waals surface area contributed by atoms with Crippen LogP contribution >= 0.6 is 0 Å². The molecule has 0 unspecified atom stereocenters. The average Bonchev–Trinajstić information content (AvgIpc) is 3.16. The van der Waals surface area contributed by atoms with Gasteiger partial charge in [0.2, 0.25) is 5.91 Å². The number of aromatic nitrogens is 4. The highest BCUT2D eigenvalue weighted by Crippen LogP contribution is 2.30. The van der Waals surface area contributed by atoms with Crippen molar-refractivity contribution in [3.63, 3.8) is 0 Å². The minimum atomic E-state index is 0.102. The molecule has 0 aromatic carbocycles. The number of carbonyl (C=O) groups excluding carboxylic acids is 1. The lowest BCUT2D eigenvalue weighted by molar-refractivity contribution is -0.132. The summed E-state index contributed by atoms with van der Waals surface area (Å²) in [5, 5.41) is 4.22. The van der Waals surface area contributed by atoms with Crippen LogP contribution in [0, 0.1) is 13.8 Å². The van der Waals surface area contributed by atoms with E-state index in [2.05, 4.69) is 15.1 Å². The van der Waals surface area contributed by atoms with Gasteiger partial charge in [-0.25, -0.2) is 4.98 Å². The molecule has 0 aliphatic carbocycles. The summed E-state index contributed by atoms with van der Waals surface area (Å²) in [5.74, 6) is 1.09. The maximum absolute atomic E-state index is 12.5. The van der Waals surface area contributed by atoms with E-state index in [1.807, 2.05) is 35.7 Å². The van der Waals surface area contributed by atoms with Crippen molar-refractivity contribution in [3.8, 4) is 0 Å². The third-order valence-electron chi connectivity index (χ3n) is 4.08. The molecule has 1 N–H and O–H groups in total. The molecule has 1 fully saturated rings. The van der Waals surface area contributed by atoms with Gasteiger partial charge in [-0.05, 0) is 32.8 Å². The number of carbonyl (C=O) groups is 1. The molecular weight excluding hydrogens is 266 g/mol. The molecular formula is C15H21N5O. The summed E-state index contributed by atoms with van der Waals surface area (Å²) < 4.78 is 1.88. The summed E-state index contributed by atoms with van der Waals surface area (Å²) in [6.45, 7) is 5.44. The minimum absolute atomic E-state index is 0.102. The maximum atomic E-state index is 12.5. The van der Waals surface area contributed by atoms with Gasteiger partial charge in [-0.15, -0.1) is 0 Å². The van der Waals surface area contributed by atoms with Crippen molar-refractivity contribution in [1.82, 2.24) is 24.6 Å². The van der Waals surface area contributed by atoms with E-state index >= 15 is 0 Å². The standard InChI is InChI=1S/C15H21N5O/c1-11-10-16-15(18-11)13-4-3-8-19(13)14(21)6-9-20-12(2)5-7-17-20/h5,7,10,13H,3-4,6,8-9H2,1-2H3,(H,16,18)/t13-/m1/s1. The first kappa shape index (κ1) is 13.9. The number of nitrogens with zero attached hydrogens (tertiary/aromatic N) is 4. The van der Waals surface area contributed by atoms with Gasteiger partial charge in [-0.1, -0.05) is 0 Å². The number of imidazole rings is 1. The van der Waals surface area contributed by atoms with E-state index < -0.39 is 0 Å². The first-order valence-corrected chi connectivity index (χ1v) is 7.44. The lowest BCUT2D eigenvalue weighted by Crippen LogP contribution is -2.31. The molecule has 0 saturated carbocycles. The summed E-state index contributed by atoms with van der Waals surface area (Å²) in [4.78, 5) is 22.1. The Kier molecular flexibility index (Phi) is 3.77. The Labute approximate surface area is 124 Å². The van der Waals surface area contributed by atoms with Crippen LogP contribution in [0.25, 0.3) is 0 Å². The molecule has 1 aliphatic rings. The fourth-order valence-electron chi connectivity index (χ4n) is 2.93. The summed E-state index contributed by atoms with van der Waals surface area (Å²) in [6.07, 6.45) is 6.10. The van der Waals surface area contributed by atoms with Gasteiger partial charge in [0.05, 0.1) is 6.04 Å². The molecule has 1 aliphatic heterocycles. The number of hydrogen-bond donors (Lipinski definition) is 1. The highest BCUT2D eigenvalue weighted by atomic mass is 16.2. The number of likely N-dealkylation sites (tertiary alicyclic amines) is 1. The van der Waals surface area contributed by atoms with E-state index in [0.29, 0.717) is 13.0 Å². The van der Waals surface area contributed by atoms with Crippen LogP contribution < -0.4 is 0 Å². The van der Waals surface area contributed by atoms with E-state index in [1.165, 1.54) is 0 Å². The van der Waals surface area contributed by atoms with E-state index in [4.69, 9.17) is 0 Å². The summed E-state index contributed by atoms with van der Waals surface area (Å²) in [6, 6.07) is 2.05. The van der Waals surface area contributed by atoms with Crippen LogP contribution in [0.1, 0.15) is 42.5 Å². The van der Waals surface area contributed by atoms with Crippen LogP contribution in [-0.4, -0.2) is 37.1 Å². The molecule has 2 aromatic heterocycles. The number of H-pyrrole nitrogens is 1. The van der Waals surface area contributed by atoms with Gasteiger partial charge in [-0.2, -0.15) is 5.10 Å². The molecule has 6 heteroatoms. The first-order valence-electron chi connectivity index (χ1n) is 7.44. The third-order valence-corrected chi connectivity index (χ3v) is 4.08. The van der Waals surface area contributed by atoms with Gasteiger partial charge in [-0.3, -0.25) is 9.48 Å². The molecule has 112 valence electrons. The highest BCUT2D eigenvalue weighted by Gasteiger charge is 2.31. The summed E-state index contributed by atoms with van der Waals surface area (Å²) in [5.41, 5.74) is 2.12. The zero-order chi connectivity index (χ0) is 14.8. The van der Waals surface area contributed by atoms with E-state index in [-0.39, 0.29) is 11.9 Å². The fourth-order valence-corrected chi connectivity index (χ4v) is 2.93. The molecule has 1 atom stereocenters. The molecule has 1 amide bonds. The molecule has 21 heavy (non-hydrogen) atoms. The Hall–Kier alpha value is -2.11. The zero-order valence-corrected chi connectivity index (χ0v) is 12.5. The smallest absolute Gasteiger partial charge is 0.225 e. The Bertz CT molecular complexity index is 630. The maximum Gasteiger partial charge on any atom is 0.225 e. The number of aryl methyl sites for hydroxylation is 3. The third kappa shape index (κ3) is 2.84. The summed E-state index contributed by atoms with van der Waals surface area (Å²) in [7, 11) is 0. The second kappa shape index (κ2) is 5.71. The van der Waals surface area contributed by atoms with Crippen molar-refractivity contribution < 1.29 is 4.79 Å². The predicted molar refractivity (Wildman–Crippen MR) is 78.6 cm³/mol. The van der Waals surface area contributed by atoms with E-state index in [1.54, 1.807) is 6.20 Å². The Morgan fingerprint density at radius 1 is 1.48 bits per heavy atom. The lowest BCUT2D eigenvalue weighted by atomic mass is 10.2. The normalized spacial score (nSPS) is 18.4. The topological polar surface area (TPSA) is 66.8 Å². The van der Waals surface area contributed by atoms with E-state index in [9.17, 15) is 4.79 Å². The highest BCUT2D eigenvalue weighted by molar-refractivity contribution is 5.76. The van der Waals surface area contributed by atoms with Gasteiger partial charge in [0.25, 0.3) is 0 Å². The van der Waals surface area contributed by atoms with Crippen molar-refractivity contribution in [2.45, 2.75) is 45.7 Å². The molecule has 2 aromatic rings. The van der Waals surface area contributed by atoms with E-state index in [0.717, 1.165) is 36.6 Å². The number of hydrogen-bond acceptors (Lipinski definition) is 3. The van der Waals surface area contributed by atoms with Crippen LogP contribution in [0.15, 0.2) is 18.5 Å². The van der Waals surface area contributed by atoms with Gasteiger partial charge in [0.1, 0.15) is 5.82 Å². The minimum Gasteiger partial charge on any atom is -0.344 e. The Balaban J connectivity index is 1.65. The van der Waals surface area contributed by atoms with Gasteiger partial charge in [0, 0.05) is 43.3 Å². The van der Waals surface area contributed by atoms with Gasteiger partial charge in [0.15, 0.2) is 0 Å². The quantitative estimate of drug-likeness (QED) is 0.935. The first-order chi connectivity index (χ1) is 10.1. The van der Waals surface area contributed by atoms with Crippen molar-refractivity contribution in [2.24, 2.45) is 0 Å². The number of aromatic amines is 1. The number of nitrogens with one attached hydrogen (secondary N) is 1. The molecule has 0 spiro atoms. The lowest BCUT2D eigenvalue weighted by Gasteiger charge is -2.23. The van der Waals surface area contributed by atoms with Crippen molar-refractivity contribution in [3.05, 3.63) is 35.7 Å². The van der Waals surface area contributed by atoms with Crippen LogP contribution in [0.5, 0.6) is 0 Å². The predicted octanol–water partition coefficient (Wildman–Crippen LogP) is 1.98. The monoisotopic (exact) mass is 287 g/mol. The van der Waals surface area contributed by atoms with Crippen molar-refractivity contribution in [1.29, 1.82) is 0 Å². The number of rotatable bonds is 4. The molecule has 3 rings (SSSR count). The second-order valence-corrected chi connectivity index (χ2v) is 5.64. The van der Waals surface area contributed by atoms with Crippen molar-refractivity contribution in [2.75, 3.05) is 6.54 Å². The Morgan fingerprint density at radius 3 is 3.00 bits per heavy atom. The van der Waals surface area contributed by atoms with Gasteiger partial charge < -0.3 is 9.88 Å². The largest absolute Gasteiger partial charge is 0.344 e. The molecule has 0 radical (unpaired) electrons. The Morgan fingerprint density at radius 2 is 2.33 bits per heavy atom.